The van der Waals surface area contributed by atoms with Crippen molar-refractivity contribution in [1.29, 1.82) is 0 Å². The standard InChI is InChI=1S/C23H28ClN3OS2.ClH/c1-5-26(6-2)13-14-27(21(28)15-29-19-10-8-18(24)9-11-19)23-25-22-17(4)16(3)7-12-20(22)30-23;/h7-12H,5-6,13-15H2,1-4H3;1H. The Bertz CT molecular complexity index is 1000. The highest BCUT2D eigenvalue weighted by molar-refractivity contribution is 8.00. The van der Waals surface area contributed by atoms with Gasteiger partial charge in [0.25, 0.3) is 0 Å². The van der Waals surface area contributed by atoms with Crippen LogP contribution in [-0.4, -0.2) is 47.7 Å². The molecular weight excluding hydrogens is 469 g/mol. The lowest BCUT2D eigenvalue weighted by Crippen LogP contribution is -2.39. The van der Waals surface area contributed by atoms with Crippen LogP contribution in [0.15, 0.2) is 41.3 Å². The SMILES string of the molecule is CCN(CC)CCN(C(=O)CSc1ccc(Cl)cc1)c1nc2c(C)c(C)ccc2s1.Cl. The monoisotopic (exact) mass is 497 g/mol. The number of hydrogen-bond acceptors (Lipinski definition) is 5. The number of aryl methyl sites for hydroxylation is 2. The molecule has 0 aliphatic heterocycles. The predicted octanol–water partition coefficient (Wildman–Crippen LogP) is 6.46. The van der Waals surface area contributed by atoms with E-state index >= 15 is 0 Å². The van der Waals surface area contributed by atoms with Crippen LogP contribution >= 0.6 is 47.1 Å². The molecule has 0 spiro atoms. The first-order valence-electron chi connectivity index (χ1n) is 10.2. The van der Waals surface area contributed by atoms with E-state index in [4.69, 9.17) is 16.6 Å². The molecule has 0 saturated carbocycles. The number of anilines is 1. The summed E-state index contributed by atoms with van der Waals surface area (Å²) in [5.41, 5.74) is 3.40. The van der Waals surface area contributed by atoms with Crippen LogP contribution in [0.3, 0.4) is 0 Å². The zero-order valence-corrected chi connectivity index (χ0v) is 21.6. The van der Waals surface area contributed by atoms with E-state index in [0.29, 0.717) is 17.3 Å². The molecule has 0 N–H and O–H groups in total. The van der Waals surface area contributed by atoms with Gasteiger partial charge in [0, 0.05) is 23.0 Å². The molecule has 0 bridgehead atoms. The number of carbonyl (C=O) groups is 1. The van der Waals surface area contributed by atoms with Crippen molar-refractivity contribution in [3.8, 4) is 0 Å². The Labute approximate surface area is 204 Å². The van der Waals surface area contributed by atoms with Crippen molar-refractivity contribution in [2.24, 2.45) is 0 Å². The van der Waals surface area contributed by atoms with Crippen molar-refractivity contribution in [1.82, 2.24) is 9.88 Å². The van der Waals surface area contributed by atoms with Crippen LogP contribution in [0.4, 0.5) is 5.13 Å². The third-order valence-corrected chi connectivity index (χ3v) is 7.61. The number of amides is 1. The zero-order chi connectivity index (χ0) is 21.7. The highest BCUT2D eigenvalue weighted by Gasteiger charge is 2.21. The van der Waals surface area contributed by atoms with Gasteiger partial charge in [0.1, 0.15) is 0 Å². The average Bonchev–Trinajstić information content (AvgIpc) is 3.18. The first-order valence-corrected chi connectivity index (χ1v) is 12.4. The number of thioether (sulfide) groups is 1. The molecular formula is C23H29Cl2N3OS2. The van der Waals surface area contributed by atoms with Crippen LogP contribution in [0.2, 0.25) is 5.02 Å². The number of thiazole rings is 1. The van der Waals surface area contributed by atoms with Crippen LogP contribution in [0.5, 0.6) is 0 Å². The Morgan fingerprint density at radius 3 is 2.39 bits per heavy atom. The molecule has 3 aromatic rings. The number of aromatic nitrogens is 1. The molecule has 4 nitrogen and oxygen atoms in total. The lowest BCUT2D eigenvalue weighted by atomic mass is 10.1. The van der Waals surface area contributed by atoms with Gasteiger partial charge in [-0.2, -0.15) is 0 Å². The quantitative estimate of drug-likeness (QED) is 0.318. The van der Waals surface area contributed by atoms with Crippen LogP contribution < -0.4 is 4.90 Å². The summed E-state index contributed by atoms with van der Waals surface area (Å²) in [6, 6.07) is 11.8. The van der Waals surface area contributed by atoms with Crippen LogP contribution in [0.25, 0.3) is 10.2 Å². The van der Waals surface area contributed by atoms with E-state index in [1.807, 2.05) is 29.2 Å². The van der Waals surface area contributed by atoms with Gasteiger partial charge in [-0.3, -0.25) is 9.69 Å². The normalized spacial score (nSPS) is 11.0. The Balaban J connectivity index is 0.00000341. The van der Waals surface area contributed by atoms with Gasteiger partial charge in [-0.15, -0.1) is 24.2 Å². The number of rotatable bonds is 9. The van der Waals surface area contributed by atoms with Crippen molar-refractivity contribution in [3.63, 3.8) is 0 Å². The minimum atomic E-state index is 0. The van der Waals surface area contributed by atoms with Crippen LogP contribution in [0, 0.1) is 13.8 Å². The number of hydrogen-bond donors (Lipinski definition) is 0. The maximum Gasteiger partial charge on any atom is 0.239 e. The van der Waals surface area contributed by atoms with Gasteiger partial charge in [-0.05, 0) is 68.4 Å². The highest BCUT2D eigenvalue weighted by atomic mass is 35.5. The molecule has 0 aliphatic carbocycles. The second-order valence-corrected chi connectivity index (χ2v) is 9.66. The molecule has 3 rings (SSSR count). The van der Waals surface area contributed by atoms with Gasteiger partial charge in [-0.25, -0.2) is 4.98 Å². The fourth-order valence-electron chi connectivity index (χ4n) is 3.19. The summed E-state index contributed by atoms with van der Waals surface area (Å²) in [6.45, 7) is 11.9. The molecule has 31 heavy (non-hydrogen) atoms. The minimum absolute atomic E-state index is 0. The largest absolute Gasteiger partial charge is 0.302 e. The summed E-state index contributed by atoms with van der Waals surface area (Å²) in [5, 5.41) is 1.49. The summed E-state index contributed by atoms with van der Waals surface area (Å²) in [5.74, 6) is 0.448. The fourth-order valence-corrected chi connectivity index (χ4v) is 5.16. The van der Waals surface area contributed by atoms with Crippen molar-refractivity contribution in [2.75, 3.05) is 36.8 Å². The van der Waals surface area contributed by atoms with Gasteiger partial charge in [-0.1, -0.05) is 42.9 Å². The number of likely N-dealkylation sites (N-methyl/N-ethyl adjacent to an activating group) is 1. The van der Waals surface area contributed by atoms with E-state index < -0.39 is 0 Å². The second-order valence-electron chi connectivity index (χ2n) is 7.17. The van der Waals surface area contributed by atoms with Crippen molar-refractivity contribution >= 4 is 68.4 Å². The molecule has 168 valence electrons. The smallest absolute Gasteiger partial charge is 0.239 e. The van der Waals surface area contributed by atoms with Gasteiger partial charge in [0.05, 0.1) is 16.0 Å². The Kier molecular flexibility index (Phi) is 10.1. The minimum Gasteiger partial charge on any atom is -0.302 e. The van der Waals surface area contributed by atoms with E-state index in [9.17, 15) is 4.79 Å². The summed E-state index contributed by atoms with van der Waals surface area (Å²) in [7, 11) is 0. The zero-order valence-electron chi connectivity index (χ0n) is 18.4. The van der Waals surface area contributed by atoms with Gasteiger partial charge in [0.15, 0.2) is 5.13 Å². The maximum absolute atomic E-state index is 13.2. The van der Waals surface area contributed by atoms with E-state index in [1.165, 1.54) is 22.9 Å². The van der Waals surface area contributed by atoms with Crippen molar-refractivity contribution in [2.45, 2.75) is 32.6 Å². The molecule has 0 unspecified atom stereocenters. The van der Waals surface area contributed by atoms with Crippen molar-refractivity contribution < 1.29 is 4.79 Å². The van der Waals surface area contributed by atoms with Gasteiger partial charge in [0.2, 0.25) is 5.91 Å². The predicted molar refractivity (Wildman–Crippen MR) is 139 cm³/mol. The van der Waals surface area contributed by atoms with Crippen LogP contribution in [-0.2, 0) is 4.79 Å². The summed E-state index contributed by atoms with van der Waals surface area (Å²) in [4.78, 5) is 23.3. The topological polar surface area (TPSA) is 36.4 Å². The highest BCUT2D eigenvalue weighted by Crippen LogP contribution is 2.32. The summed E-state index contributed by atoms with van der Waals surface area (Å²) >= 11 is 9.10. The summed E-state index contributed by atoms with van der Waals surface area (Å²) < 4.78 is 1.12. The third kappa shape index (κ3) is 6.59. The van der Waals surface area contributed by atoms with E-state index in [2.05, 4.69) is 44.7 Å². The summed E-state index contributed by atoms with van der Waals surface area (Å²) in [6.07, 6.45) is 0. The van der Waals surface area contributed by atoms with E-state index in [-0.39, 0.29) is 18.3 Å². The molecule has 0 atom stereocenters. The van der Waals surface area contributed by atoms with Crippen molar-refractivity contribution in [3.05, 3.63) is 52.5 Å². The Morgan fingerprint density at radius 2 is 1.74 bits per heavy atom. The number of carbonyl (C=O) groups excluding carboxylic acids is 1. The molecule has 1 amide bonds. The fraction of sp³-hybridized carbons (Fsp3) is 0.391. The number of benzene rings is 2. The number of fused-ring (bicyclic) bond motifs is 1. The Morgan fingerprint density at radius 1 is 1.06 bits per heavy atom. The van der Waals surface area contributed by atoms with Gasteiger partial charge >= 0.3 is 0 Å². The molecule has 8 heteroatoms. The second kappa shape index (κ2) is 12.1. The molecule has 0 aliphatic rings. The third-order valence-electron chi connectivity index (χ3n) is 5.32. The molecule has 2 aromatic carbocycles. The molecule has 1 heterocycles. The lowest BCUT2D eigenvalue weighted by molar-refractivity contribution is -0.116. The molecule has 0 saturated heterocycles. The number of nitrogens with zero attached hydrogens (tertiary/aromatic N) is 3. The van der Waals surface area contributed by atoms with Crippen LogP contribution in [0.1, 0.15) is 25.0 Å². The first kappa shape index (κ1) is 25.9. The van der Waals surface area contributed by atoms with E-state index in [0.717, 1.165) is 39.9 Å². The average molecular weight is 499 g/mol. The Hall–Kier alpha value is -1.31. The molecule has 0 fully saturated rings. The molecule has 0 radical (unpaired) electrons. The first-order chi connectivity index (χ1) is 14.4. The lowest BCUT2D eigenvalue weighted by Gasteiger charge is -2.24. The number of halogens is 2. The maximum atomic E-state index is 13.2. The van der Waals surface area contributed by atoms with Gasteiger partial charge < -0.3 is 4.90 Å². The van der Waals surface area contributed by atoms with E-state index in [1.54, 1.807) is 11.3 Å². The molecule has 1 aromatic heterocycles.